The van der Waals surface area contributed by atoms with Crippen molar-refractivity contribution in [3.63, 3.8) is 0 Å². The molecule has 0 saturated carbocycles. The van der Waals surface area contributed by atoms with E-state index in [1.165, 1.54) is 0 Å². The minimum atomic E-state index is -0.143. The second-order valence-electron chi connectivity index (χ2n) is 8.99. The van der Waals surface area contributed by atoms with Crippen LogP contribution < -0.4 is 11.1 Å². The van der Waals surface area contributed by atoms with Gasteiger partial charge in [-0.15, -0.1) is 0 Å². The quantitative estimate of drug-likeness (QED) is 0.704. The van der Waals surface area contributed by atoms with Crippen LogP contribution in [0.4, 0.5) is 0 Å². The van der Waals surface area contributed by atoms with Crippen molar-refractivity contribution in [2.45, 2.75) is 56.3 Å². The molecule has 158 valence electrons. The van der Waals surface area contributed by atoms with Crippen LogP contribution in [0.15, 0.2) is 39.0 Å². The van der Waals surface area contributed by atoms with Gasteiger partial charge >= 0.3 is 0 Å². The topological polar surface area (TPSA) is 77.2 Å². The van der Waals surface area contributed by atoms with Crippen molar-refractivity contribution in [1.29, 1.82) is 0 Å². The number of hydrogen-bond acceptors (Lipinski definition) is 5. The maximum absolute atomic E-state index is 13.2. The molecule has 5 heterocycles. The summed E-state index contributed by atoms with van der Waals surface area (Å²) in [5.74, 6) is 1.51. The number of piperidine rings is 1. The summed E-state index contributed by atoms with van der Waals surface area (Å²) in [6.45, 7) is 6.06. The molecule has 0 aliphatic carbocycles. The molecule has 8 heteroatoms. The second-order valence-corrected chi connectivity index (χ2v) is 9.98. The number of carbonyl (C=O) groups is 1. The number of rotatable bonds is 3. The summed E-state index contributed by atoms with van der Waals surface area (Å²) < 4.78 is 3.58. The summed E-state index contributed by atoms with van der Waals surface area (Å²) in [4.78, 5) is 44.6. The average Bonchev–Trinajstić information content (AvgIpc) is 3.12. The number of likely N-dealkylation sites (tertiary alicyclic amines) is 1. The van der Waals surface area contributed by atoms with E-state index in [0.29, 0.717) is 37.7 Å². The van der Waals surface area contributed by atoms with Crippen LogP contribution in [-0.4, -0.2) is 43.8 Å². The van der Waals surface area contributed by atoms with Crippen molar-refractivity contribution < 1.29 is 4.79 Å². The fraction of sp³-hybridized carbons (Fsp3) is 0.545. The van der Waals surface area contributed by atoms with E-state index in [1.807, 2.05) is 35.4 Å². The summed E-state index contributed by atoms with van der Waals surface area (Å²) in [6, 6.07) is 6.90. The minimum absolute atomic E-state index is 0.0502. The number of aromatic nitrogens is 3. The zero-order valence-electron chi connectivity index (χ0n) is 17.3. The molecule has 30 heavy (non-hydrogen) atoms. The number of thioether (sulfide) groups is 1. The van der Waals surface area contributed by atoms with Crippen LogP contribution in [0, 0.1) is 5.92 Å². The van der Waals surface area contributed by atoms with Crippen LogP contribution in [0.25, 0.3) is 0 Å². The molecule has 2 aromatic heterocycles. The number of carbonyl (C=O) groups excluding carboxylic acids is 1. The molecule has 3 aliphatic rings. The van der Waals surface area contributed by atoms with Crippen LogP contribution in [0.3, 0.4) is 0 Å². The lowest BCUT2D eigenvalue weighted by atomic mass is 9.83. The van der Waals surface area contributed by atoms with Gasteiger partial charge in [0, 0.05) is 55.6 Å². The highest BCUT2D eigenvalue weighted by atomic mass is 32.2. The summed E-state index contributed by atoms with van der Waals surface area (Å²) in [7, 11) is 0. The zero-order valence-corrected chi connectivity index (χ0v) is 18.1. The SMILES string of the molecule is CC(C)c1cc(=O)n2c(n1)SCC2CC(=O)N1CC2CC(C1)c1cccc(=O)n1C2. The number of pyridine rings is 1. The lowest BCUT2D eigenvalue weighted by Gasteiger charge is -2.43. The Balaban J connectivity index is 1.34. The van der Waals surface area contributed by atoms with Gasteiger partial charge in [0.2, 0.25) is 5.91 Å². The van der Waals surface area contributed by atoms with Gasteiger partial charge in [0.25, 0.3) is 11.1 Å². The normalized spacial score (nSPS) is 24.6. The first-order valence-corrected chi connectivity index (χ1v) is 11.6. The molecule has 2 aromatic rings. The summed E-state index contributed by atoms with van der Waals surface area (Å²) >= 11 is 1.56. The number of fused-ring (bicyclic) bond motifs is 5. The molecule has 3 aliphatic heterocycles. The number of amides is 1. The van der Waals surface area contributed by atoms with E-state index in [-0.39, 0.29) is 34.9 Å². The summed E-state index contributed by atoms with van der Waals surface area (Å²) in [6.07, 6.45) is 1.35. The Morgan fingerprint density at radius 2 is 2.03 bits per heavy atom. The molecule has 0 N–H and O–H groups in total. The zero-order chi connectivity index (χ0) is 21.0. The Hall–Kier alpha value is -2.35. The smallest absolute Gasteiger partial charge is 0.254 e. The molecule has 3 unspecified atom stereocenters. The number of nitrogens with zero attached hydrogens (tertiary/aromatic N) is 4. The third-order valence-electron chi connectivity index (χ3n) is 6.54. The lowest BCUT2D eigenvalue weighted by molar-refractivity contribution is -0.134. The molecule has 1 amide bonds. The van der Waals surface area contributed by atoms with Gasteiger partial charge in [-0.3, -0.25) is 19.0 Å². The van der Waals surface area contributed by atoms with Crippen molar-refractivity contribution in [3.8, 4) is 0 Å². The first-order valence-electron chi connectivity index (χ1n) is 10.6. The van der Waals surface area contributed by atoms with Gasteiger partial charge in [-0.1, -0.05) is 31.7 Å². The highest BCUT2D eigenvalue weighted by Gasteiger charge is 2.37. The van der Waals surface area contributed by atoms with Crippen molar-refractivity contribution in [1.82, 2.24) is 19.0 Å². The maximum Gasteiger partial charge on any atom is 0.254 e. The van der Waals surface area contributed by atoms with E-state index in [0.717, 1.165) is 23.0 Å². The predicted molar refractivity (Wildman–Crippen MR) is 115 cm³/mol. The molecule has 3 atom stereocenters. The third kappa shape index (κ3) is 3.31. The molecule has 0 radical (unpaired) electrons. The fourth-order valence-electron chi connectivity index (χ4n) is 5.05. The molecule has 1 saturated heterocycles. The van der Waals surface area contributed by atoms with Gasteiger partial charge in [0.15, 0.2) is 5.16 Å². The van der Waals surface area contributed by atoms with Crippen LogP contribution >= 0.6 is 11.8 Å². The fourth-order valence-corrected chi connectivity index (χ4v) is 6.20. The van der Waals surface area contributed by atoms with E-state index in [1.54, 1.807) is 28.5 Å². The van der Waals surface area contributed by atoms with Gasteiger partial charge < -0.3 is 9.47 Å². The summed E-state index contributed by atoms with van der Waals surface area (Å²) in [5.41, 5.74) is 1.84. The molecule has 2 bridgehead atoms. The lowest BCUT2D eigenvalue weighted by Crippen LogP contribution is -2.49. The van der Waals surface area contributed by atoms with Gasteiger partial charge in [0.05, 0.1) is 11.7 Å². The van der Waals surface area contributed by atoms with Crippen molar-refractivity contribution >= 4 is 17.7 Å². The molecule has 1 fully saturated rings. The number of hydrogen-bond donors (Lipinski definition) is 0. The van der Waals surface area contributed by atoms with E-state index in [4.69, 9.17) is 0 Å². The average molecular weight is 427 g/mol. The van der Waals surface area contributed by atoms with Gasteiger partial charge in [-0.2, -0.15) is 0 Å². The molecule has 5 rings (SSSR count). The van der Waals surface area contributed by atoms with Crippen molar-refractivity contribution in [2.75, 3.05) is 18.8 Å². The molecule has 0 aromatic carbocycles. The highest BCUT2D eigenvalue weighted by molar-refractivity contribution is 7.99. The molecule has 7 nitrogen and oxygen atoms in total. The van der Waals surface area contributed by atoms with Crippen molar-refractivity contribution in [2.24, 2.45) is 5.92 Å². The van der Waals surface area contributed by atoms with Gasteiger partial charge in [-0.25, -0.2) is 4.98 Å². The van der Waals surface area contributed by atoms with E-state index < -0.39 is 0 Å². The third-order valence-corrected chi connectivity index (χ3v) is 7.64. The molecule has 0 spiro atoms. The van der Waals surface area contributed by atoms with Crippen LogP contribution in [0.2, 0.25) is 0 Å². The second kappa shape index (κ2) is 7.41. The molecular weight excluding hydrogens is 400 g/mol. The first kappa shape index (κ1) is 19.6. The van der Waals surface area contributed by atoms with Crippen LogP contribution in [-0.2, 0) is 11.3 Å². The molecular formula is C22H26N4O3S. The van der Waals surface area contributed by atoms with E-state index >= 15 is 0 Å². The minimum Gasteiger partial charge on any atom is -0.342 e. The standard InChI is InChI=1S/C22H26N4O3S/c1-13(2)17-8-21(29)26-16(12-30-22(26)23-17)7-20(28)24-9-14-6-15(11-24)18-4-3-5-19(27)25(18)10-14/h3-5,8,13-16H,6-7,9-12H2,1-2H3. The predicted octanol–water partition coefficient (Wildman–Crippen LogP) is 2.21. The summed E-state index contributed by atoms with van der Waals surface area (Å²) in [5, 5.41) is 0.729. The highest BCUT2D eigenvalue weighted by Crippen LogP contribution is 2.37. The van der Waals surface area contributed by atoms with Crippen LogP contribution in [0.5, 0.6) is 0 Å². The Kier molecular flexibility index (Phi) is 4.84. The monoisotopic (exact) mass is 426 g/mol. The van der Waals surface area contributed by atoms with Gasteiger partial charge in [-0.05, 0) is 24.3 Å². The van der Waals surface area contributed by atoms with E-state index in [9.17, 15) is 14.4 Å². The Morgan fingerprint density at radius 1 is 1.20 bits per heavy atom. The van der Waals surface area contributed by atoms with E-state index in [2.05, 4.69) is 4.98 Å². The Bertz CT molecular complexity index is 1120. The maximum atomic E-state index is 13.2. The Labute approximate surface area is 179 Å². The first-order chi connectivity index (χ1) is 14.4. The Morgan fingerprint density at radius 3 is 2.83 bits per heavy atom. The van der Waals surface area contributed by atoms with Crippen molar-refractivity contribution in [3.05, 3.63) is 56.4 Å². The largest absolute Gasteiger partial charge is 0.342 e. The van der Waals surface area contributed by atoms with Crippen LogP contribution in [0.1, 0.15) is 56.0 Å². The van der Waals surface area contributed by atoms with Gasteiger partial charge in [0.1, 0.15) is 0 Å².